The molecule has 0 aliphatic carbocycles. The highest BCUT2D eigenvalue weighted by atomic mass is 16.2. The summed E-state index contributed by atoms with van der Waals surface area (Å²) in [4.78, 5) is 38.1. The summed E-state index contributed by atoms with van der Waals surface area (Å²) < 4.78 is 0. The van der Waals surface area contributed by atoms with Crippen LogP contribution in [0.15, 0.2) is 42.5 Å². The molecule has 5 heteroatoms. The fraction of sp³-hybridized carbons (Fsp3) is 0.286. The van der Waals surface area contributed by atoms with E-state index in [9.17, 15) is 14.4 Å². The molecule has 1 atom stereocenters. The molecular formula is C21H22N2O3. The second-order valence-electron chi connectivity index (χ2n) is 6.77. The summed E-state index contributed by atoms with van der Waals surface area (Å²) in [6.45, 7) is 5.82. The highest BCUT2D eigenvalue weighted by Gasteiger charge is 2.36. The Morgan fingerprint density at radius 1 is 1.04 bits per heavy atom. The number of carbonyl (C=O) groups is 3. The van der Waals surface area contributed by atoms with Crippen LogP contribution in [-0.4, -0.2) is 24.1 Å². The summed E-state index contributed by atoms with van der Waals surface area (Å²) in [5.41, 5.74) is 4.18. The van der Waals surface area contributed by atoms with Gasteiger partial charge in [-0.25, -0.2) is 0 Å². The molecule has 5 nitrogen and oxygen atoms in total. The SMILES string of the molecule is CC(=O)c1ccc(NC(=O)[C@H]2CC(=O)N(c3c(C)cccc3C)C2)cc1. The smallest absolute Gasteiger partial charge is 0.229 e. The first kappa shape index (κ1) is 17.9. The van der Waals surface area contributed by atoms with Crippen molar-refractivity contribution >= 4 is 29.0 Å². The molecule has 0 bridgehead atoms. The van der Waals surface area contributed by atoms with E-state index in [0.29, 0.717) is 17.8 Å². The van der Waals surface area contributed by atoms with Gasteiger partial charge in [0.1, 0.15) is 0 Å². The maximum Gasteiger partial charge on any atom is 0.229 e. The number of benzene rings is 2. The molecule has 0 saturated carbocycles. The second kappa shape index (κ2) is 7.12. The molecule has 0 aromatic heterocycles. The summed E-state index contributed by atoms with van der Waals surface area (Å²) >= 11 is 0. The summed E-state index contributed by atoms with van der Waals surface area (Å²) in [7, 11) is 0. The number of carbonyl (C=O) groups excluding carboxylic acids is 3. The van der Waals surface area contributed by atoms with Gasteiger partial charge in [-0.1, -0.05) is 18.2 Å². The van der Waals surface area contributed by atoms with Crippen LogP contribution in [-0.2, 0) is 9.59 Å². The zero-order chi connectivity index (χ0) is 18.8. The number of ketones is 1. The molecular weight excluding hydrogens is 328 g/mol. The van der Waals surface area contributed by atoms with E-state index in [1.807, 2.05) is 32.0 Å². The van der Waals surface area contributed by atoms with E-state index in [1.165, 1.54) is 6.92 Å². The lowest BCUT2D eigenvalue weighted by Gasteiger charge is -2.21. The average molecular weight is 350 g/mol. The molecule has 134 valence electrons. The number of hydrogen-bond donors (Lipinski definition) is 1. The van der Waals surface area contributed by atoms with Gasteiger partial charge in [-0.05, 0) is 56.2 Å². The fourth-order valence-corrected chi connectivity index (χ4v) is 3.36. The molecule has 2 aromatic carbocycles. The van der Waals surface area contributed by atoms with E-state index in [-0.39, 0.29) is 24.0 Å². The molecule has 26 heavy (non-hydrogen) atoms. The van der Waals surface area contributed by atoms with Gasteiger partial charge < -0.3 is 10.2 Å². The lowest BCUT2D eigenvalue weighted by Crippen LogP contribution is -2.29. The van der Waals surface area contributed by atoms with Crippen LogP contribution < -0.4 is 10.2 Å². The van der Waals surface area contributed by atoms with Crippen molar-refractivity contribution in [1.29, 1.82) is 0 Å². The molecule has 0 radical (unpaired) electrons. The molecule has 1 fully saturated rings. The minimum atomic E-state index is -0.394. The summed E-state index contributed by atoms with van der Waals surface area (Å²) in [6, 6.07) is 12.7. The molecule has 0 unspecified atom stereocenters. The van der Waals surface area contributed by atoms with Crippen LogP contribution in [0.25, 0.3) is 0 Å². The predicted octanol–water partition coefficient (Wildman–Crippen LogP) is 3.50. The van der Waals surface area contributed by atoms with E-state index in [1.54, 1.807) is 29.2 Å². The molecule has 1 saturated heterocycles. The van der Waals surface area contributed by atoms with E-state index < -0.39 is 5.92 Å². The van der Waals surface area contributed by atoms with Crippen molar-refractivity contribution in [3.63, 3.8) is 0 Å². The molecule has 0 spiro atoms. The zero-order valence-electron chi connectivity index (χ0n) is 15.2. The van der Waals surface area contributed by atoms with Crippen molar-refractivity contribution in [2.45, 2.75) is 27.2 Å². The number of nitrogens with one attached hydrogen (secondary N) is 1. The Hall–Kier alpha value is -2.95. The van der Waals surface area contributed by atoms with Crippen LogP contribution in [0.2, 0.25) is 0 Å². The van der Waals surface area contributed by atoms with Gasteiger partial charge in [0, 0.05) is 29.9 Å². The van der Waals surface area contributed by atoms with Gasteiger partial charge in [-0.3, -0.25) is 14.4 Å². The number of rotatable bonds is 4. The third-order valence-corrected chi connectivity index (χ3v) is 4.76. The normalized spacial score (nSPS) is 16.7. The van der Waals surface area contributed by atoms with Gasteiger partial charge in [-0.2, -0.15) is 0 Å². The maximum atomic E-state index is 12.6. The highest BCUT2D eigenvalue weighted by molar-refractivity contribution is 6.04. The highest BCUT2D eigenvalue weighted by Crippen LogP contribution is 2.31. The largest absolute Gasteiger partial charge is 0.326 e. The number of aryl methyl sites for hydroxylation is 2. The number of anilines is 2. The van der Waals surface area contributed by atoms with Crippen LogP contribution in [0.5, 0.6) is 0 Å². The third-order valence-electron chi connectivity index (χ3n) is 4.76. The van der Waals surface area contributed by atoms with Gasteiger partial charge in [0.2, 0.25) is 11.8 Å². The number of nitrogens with zero attached hydrogens (tertiary/aromatic N) is 1. The number of Topliss-reactive ketones (excluding diaryl/α,β-unsaturated/α-hetero) is 1. The Morgan fingerprint density at radius 2 is 1.65 bits per heavy atom. The first-order valence-corrected chi connectivity index (χ1v) is 8.65. The zero-order valence-corrected chi connectivity index (χ0v) is 15.2. The van der Waals surface area contributed by atoms with Crippen molar-refractivity contribution in [1.82, 2.24) is 0 Å². The number of para-hydroxylation sites is 1. The van der Waals surface area contributed by atoms with Gasteiger partial charge in [0.25, 0.3) is 0 Å². The Labute approximate surface area is 153 Å². The monoisotopic (exact) mass is 350 g/mol. The van der Waals surface area contributed by atoms with E-state index in [0.717, 1.165) is 16.8 Å². The molecule has 1 aliphatic rings. The Kier molecular flexibility index (Phi) is 4.89. The van der Waals surface area contributed by atoms with Crippen molar-refractivity contribution in [3.05, 3.63) is 59.2 Å². The molecule has 1 heterocycles. The first-order valence-electron chi connectivity index (χ1n) is 8.65. The van der Waals surface area contributed by atoms with Crippen LogP contribution >= 0.6 is 0 Å². The van der Waals surface area contributed by atoms with Gasteiger partial charge in [-0.15, -0.1) is 0 Å². The lowest BCUT2D eigenvalue weighted by molar-refractivity contribution is -0.122. The van der Waals surface area contributed by atoms with Crippen molar-refractivity contribution in [2.75, 3.05) is 16.8 Å². The summed E-state index contributed by atoms with van der Waals surface area (Å²) in [5.74, 6) is -0.625. The summed E-state index contributed by atoms with van der Waals surface area (Å²) in [6.07, 6.45) is 0.200. The first-order chi connectivity index (χ1) is 12.4. The topological polar surface area (TPSA) is 66.5 Å². The maximum absolute atomic E-state index is 12.6. The van der Waals surface area contributed by atoms with Crippen LogP contribution in [0, 0.1) is 19.8 Å². The van der Waals surface area contributed by atoms with Crippen molar-refractivity contribution in [2.24, 2.45) is 5.92 Å². The summed E-state index contributed by atoms with van der Waals surface area (Å²) in [5, 5.41) is 2.84. The van der Waals surface area contributed by atoms with Gasteiger partial charge >= 0.3 is 0 Å². The van der Waals surface area contributed by atoms with E-state index >= 15 is 0 Å². The Bertz CT molecular complexity index is 851. The van der Waals surface area contributed by atoms with Crippen molar-refractivity contribution in [3.8, 4) is 0 Å². The number of amides is 2. The second-order valence-corrected chi connectivity index (χ2v) is 6.77. The molecule has 2 aromatic rings. The quantitative estimate of drug-likeness (QED) is 0.858. The molecule has 2 amide bonds. The predicted molar refractivity (Wildman–Crippen MR) is 101 cm³/mol. The molecule has 1 aliphatic heterocycles. The minimum Gasteiger partial charge on any atom is -0.326 e. The molecule has 3 rings (SSSR count). The van der Waals surface area contributed by atoms with Crippen LogP contribution in [0.1, 0.15) is 34.8 Å². The Balaban J connectivity index is 1.72. The van der Waals surface area contributed by atoms with Crippen LogP contribution in [0.3, 0.4) is 0 Å². The standard InChI is InChI=1S/C21H22N2O3/c1-13-5-4-6-14(2)20(13)23-12-17(11-19(23)25)21(26)22-18-9-7-16(8-10-18)15(3)24/h4-10,17H,11-12H2,1-3H3,(H,22,26)/t17-/m0/s1. The van der Waals surface area contributed by atoms with Crippen LogP contribution in [0.4, 0.5) is 11.4 Å². The van der Waals surface area contributed by atoms with Gasteiger partial charge in [0.15, 0.2) is 5.78 Å². The van der Waals surface area contributed by atoms with E-state index in [4.69, 9.17) is 0 Å². The van der Waals surface area contributed by atoms with E-state index in [2.05, 4.69) is 5.32 Å². The lowest BCUT2D eigenvalue weighted by atomic mass is 10.1. The van der Waals surface area contributed by atoms with Gasteiger partial charge in [0.05, 0.1) is 5.92 Å². The van der Waals surface area contributed by atoms with Crippen molar-refractivity contribution < 1.29 is 14.4 Å². The minimum absolute atomic E-state index is 0.0199. The fourth-order valence-electron chi connectivity index (χ4n) is 3.36. The average Bonchev–Trinajstić information content (AvgIpc) is 2.97. The Morgan fingerprint density at radius 3 is 2.23 bits per heavy atom. The third kappa shape index (κ3) is 3.52. The molecule has 1 N–H and O–H groups in total. The number of hydrogen-bond acceptors (Lipinski definition) is 3.